The molecule has 0 saturated carbocycles. The normalized spacial score (nSPS) is 11.2. The van der Waals surface area contributed by atoms with E-state index in [2.05, 4.69) is 10.3 Å². The van der Waals surface area contributed by atoms with E-state index in [1.54, 1.807) is 17.3 Å². The summed E-state index contributed by atoms with van der Waals surface area (Å²) >= 11 is 11.4. The Morgan fingerprint density at radius 1 is 1.00 bits per heavy atom. The largest absolute Gasteiger partial charge is 0.418 e. The van der Waals surface area contributed by atoms with Gasteiger partial charge in [-0.25, -0.2) is 0 Å². The smallest absolute Gasteiger partial charge is 0.340 e. The van der Waals surface area contributed by atoms with Crippen LogP contribution in [0.25, 0.3) is 0 Å². The van der Waals surface area contributed by atoms with Gasteiger partial charge in [0, 0.05) is 30.5 Å². The van der Waals surface area contributed by atoms with Crippen molar-refractivity contribution in [1.82, 2.24) is 9.88 Å². The zero-order valence-electron chi connectivity index (χ0n) is 16.1. The van der Waals surface area contributed by atoms with Crippen molar-refractivity contribution in [1.29, 1.82) is 0 Å². The Morgan fingerprint density at radius 3 is 2.20 bits per heavy atom. The first kappa shape index (κ1) is 22.1. The fourth-order valence-electron chi connectivity index (χ4n) is 2.88. The predicted molar refractivity (Wildman–Crippen MR) is 117 cm³/mol. The third-order valence-electron chi connectivity index (χ3n) is 4.43. The lowest BCUT2D eigenvalue weighted by atomic mass is 10.1. The summed E-state index contributed by atoms with van der Waals surface area (Å²) in [5.41, 5.74) is 2.04. The van der Waals surface area contributed by atoms with Crippen LogP contribution in [0.1, 0.15) is 22.3 Å². The number of thiocarbonyl (C=S) groups is 1. The molecule has 156 valence electrons. The van der Waals surface area contributed by atoms with E-state index in [9.17, 15) is 13.2 Å². The van der Waals surface area contributed by atoms with E-state index in [-0.39, 0.29) is 15.8 Å². The molecule has 0 saturated heterocycles. The molecule has 0 spiro atoms. The maximum Gasteiger partial charge on any atom is 0.418 e. The van der Waals surface area contributed by atoms with Gasteiger partial charge in [0.25, 0.3) is 0 Å². The van der Waals surface area contributed by atoms with Gasteiger partial charge in [-0.3, -0.25) is 4.98 Å². The van der Waals surface area contributed by atoms with E-state index in [0.717, 1.165) is 22.8 Å². The second kappa shape index (κ2) is 9.45. The number of nitrogens with one attached hydrogen (secondary N) is 1. The van der Waals surface area contributed by atoms with E-state index in [1.165, 1.54) is 12.1 Å². The van der Waals surface area contributed by atoms with E-state index < -0.39 is 11.7 Å². The lowest BCUT2D eigenvalue weighted by molar-refractivity contribution is -0.136. The van der Waals surface area contributed by atoms with E-state index >= 15 is 0 Å². The average Bonchev–Trinajstić information content (AvgIpc) is 2.69. The number of alkyl halides is 3. The highest BCUT2D eigenvalue weighted by atomic mass is 35.5. The van der Waals surface area contributed by atoms with E-state index in [0.29, 0.717) is 13.1 Å². The molecule has 1 aromatic heterocycles. The van der Waals surface area contributed by atoms with Gasteiger partial charge < -0.3 is 10.2 Å². The van der Waals surface area contributed by atoms with Gasteiger partial charge in [0.1, 0.15) is 0 Å². The van der Waals surface area contributed by atoms with Crippen molar-refractivity contribution in [2.45, 2.75) is 26.2 Å². The zero-order chi connectivity index (χ0) is 21.7. The van der Waals surface area contributed by atoms with Crippen LogP contribution < -0.4 is 5.32 Å². The maximum atomic E-state index is 13.4. The van der Waals surface area contributed by atoms with Gasteiger partial charge in [0.05, 0.1) is 11.3 Å². The molecule has 0 bridgehead atoms. The first-order valence-corrected chi connectivity index (χ1v) is 9.88. The van der Waals surface area contributed by atoms with Crippen LogP contribution in [0.5, 0.6) is 0 Å². The Bertz CT molecular complexity index is 1010. The van der Waals surface area contributed by atoms with Crippen molar-refractivity contribution in [3.63, 3.8) is 0 Å². The standard InChI is InChI=1S/C22H19ClF3N3S/c1-15-2-4-16(5-3-15)13-29(14-17-8-10-27-11-9-17)21(30)28-20-12-18(23)6-7-19(20)22(24,25)26/h2-12H,13-14H2,1H3,(H,28,30). The Morgan fingerprint density at radius 2 is 1.60 bits per heavy atom. The van der Waals surface area contributed by atoms with Crippen LogP contribution >= 0.6 is 23.8 Å². The molecular formula is C22H19ClF3N3S. The van der Waals surface area contributed by atoms with Crippen LogP contribution in [0.4, 0.5) is 18.9 Å². The lowest BCUT2D eigenvalue weighted by Gasteiger charge is -2.27. The van der Waals surface area contributed by atoms with E-state index in [4.69, 9.17) is 23.8 Å². The molecule has 2 aromatic carbocycles. The van der Waals surface area contributed by atoms with Gasteiger partial charge in [-0.15, -0.1) is 0 Å². The van der Waals surface area contributed by atoms with Gasteiger partial charge in [-0.05, 0) is 60.6 Å². The fourth-order valence-corrected chi connectivity index (χ4v) is 3.29. The molecule has 0 unspecified atom stereocenters. The Balaban J connectivity index is 1.88. The summed E-state index contributed by atoms with van der Waals surface area (Å²) in [4.78, 5) is 5.80. The number of nitrogens with zero attached hydrogens (tertiary/aromatic N) is 2. The van der Waals surface area contributed by atoms with Crippen LogP contribution in [0.3, 0.4) is 0 Å². The summed E-state index contributed by atoms with van der Waals surface area (Å²) in [5, 5.41) is 3.10. The third-order valence-corrected chi connectivity index (χ3v) is 5.03. The van der Waals surface area contributed by atoms with Crippen LogP contribution in [0, 0.1) is 6.92 Å². The minimum Gasteiger partial charge on any atom is -0.340 e. The number of halogens is 4. The number of aromatic nitrogens is 1. The highest BCUT2D eigenvalue weighted by Gasteiger charge is 2.34. The second-order valence-electron chi connectivity index (χ2n) is 6.81. The second-order valence-corrected chi connectivity index (χ2v) is 7.64. The highest BCUT2D eigenvalue weighted by molar-refractivity contribution is 7.80. The van der Waals surface area contributed by atoms with Crippen molar-refractivity contribution in [3.8, 4) is 0 Å². The van der Waals surface area contributed by atoms with Crippen LogP contribution in [-0.4, -0.2) is 15.0 Å². The number of rotatable bonds is 5. The van der Waals surface area contributed by atoms with Gasteiger partial charge >= 0.3 is 6.18 Å². The molecule has 0 aliphatic carbocycles. The Kier molecular flexibility index (Phi) is 6.95. The van der Waals surface area contributed by atoms with E-state index in [1.807, 2.05) is 43.3 Å². The fraction of sp³-hybridized carbons (Fsp3) is 0.182. The SMILES string of the molecule is Cc1ccc(CN(Cc2ccncc2)C(=S)Nc2cc(Cl)ccc2C(F)(F)F)cc1. The number of benzene rings is 2. The molecule has 8 heteroatoms. The Labute approximate surface area is 183 Å². The first-order chi connectivity index (χ1) is 14.2. The summed E-state index contributed by atoms with van der Waals surface area (Å²) < 4.78 is 40.2. The van der Waals surface area contributed by atoms with Gasteiger partial charge in [-0.2, -0.15) is 13.2 Å². The summed E-state index contributed by atoms with van der Waals surface area (Å²) in [5.74, 6) is 0. The average molecular weight is 450 g/mol. The zero-order valence-corrected chi connectivity index (χ0v) is 17.7. The number of hydrogen-bond acceptors (Lipinski definition) is 2. The van der Waals surface area contributed by atoms with Crippen molar-refractivity contribution >= 4 is 34.6 Å². The molecular weight excluding hydrogens is 431 g/mol. The van der Waals surface area contributed by atoms with Crippen LogP contribution in [0.15, 0.2) is 67.0 Å². The molecule has 3 nitrogen and oxygen atoms in total. The van der Waals surface area contributed by atoms with Crippen LogP contribution in [-0.2, 0) is 19.3 Å². The van der Waals surface area contributed by atoms with Crippen molar-refractivity contribution < 1.29 is 13.2 Å². The maximum absolute atomic E-state index is 13.4. The minimum absolute atomic E-state index is 0.167. The molecule has 30 heavy (non-hydrogen) atoms. The Hall–Kier alpha value is -2.64. The molecule has 0 radical (unpaired) electrons. The molecule has 3 rings (SSSR count). The molecule has 3 aromatic rings. The van der Waals surface area contributed by atoms with Crippen LogP contribution in [0.2, 0.25) is 5.02 Å². The molecule has 0 atom stereocenters. The summed E-state index contributed by atoms with van der Waals surface area (Å²) in [6.45, 7) is 2.82. The predicted octanol–water partition coefficient (Wildman–Crippen LogP) is 6.46. The molecule has 0 amide bonds. The molecule has 1 heterocycles. The highest BCUT2D eigenvalue weighted by Crippen LogP contribution is 2.36. The van der Waals surface area contributed by atoms with Gasteiger partial charge in [0.2, 0.25) is 0 Å². The number of pyridine rings is 1. The molecule has 0 aliphatic heterocycles. The summed E-state index contributed by atoms with van der Waals surface area (Å²) in [6, 6.07) is 15.0. The van der Waals surface area contributed by atoms with Gasteiger partial charge in [-0.1, -0.05) is 41.4 Å². The molecule has 0 aliphatic rings. The molecule has 1 N–H and O–H groups in total. The topological polar surface area (TPSA) is 28.2 Å². The van der Waals surface area contributed by atoms with Gasteiger partial charge in [0.15, 0.2) is 5.11 Å². The molecule has 0 fully saturated rings. The minimum atomic E-state index is -4.53. The monoisotopic (exact) mass is 449 g/mol. The summed E-state index contributed by atoms with van der Waals surface area (Å²) in [7, 11) is 0. The summed E-state index contributed by atoms with van der Waals surface area (Å²) in [6.07, 6.45) is -1.21. The number of aryl methyl sites for hydroxylation is 1. The van der Waals surface area contributed by atoms with Crippen molar-refractivity contribution in [2.75, 3.05) is 5.32 Å². The first-order valence-electron chi connectivity index (χ1n) is 9.09. The number of hydrogen-bond donors (Lipinski definition) is 1. The quantitative estimate of drug-likeness (QED) is 0.452. The number of anilines is 1. The van der Waals surface area contributed by atoms with Crippen molar-refractivity contribution in [2.24, 2.45) is 0 Å². The third kappa shape index (κ3) is 5.93. The van der Waals surface area contributed by atoms with Crippen molar-refractivity contribution in [3.05, 3.63) is 94.3 Å². The lowest BCUT2D eigenvalue weighted by Crippen LogP contribution is -2.34.